The molecule has 29 heavy (non-hydrogen) atoms. The van der Waals surface area contributed by atoms with E-state index in [9.17, 15) is 13.2 Å². The zero-order chi connectivity index (χ0) is 21.0. The largest absolute Gasteiger partial charge is 0.348 e. The van der Waals surface area contributed by atoms with Gasteiger partial charge in [-0.1, -0.05) is 48.0 Å². The standard InChI is InChI=1S/C23H24N2O3S/c1-17-11-13-22(14-12-17)29(27,28)25(3)21-10-6-9-19(15-21)23(26)24-16-20-8-5-4-7-18(20)2/h4-15H,16H2,1-3H3,(H,24,26). The highest BCUT2D eigenvalue weighted by atomic mass is 32.2. The summed E-state index contributed by atoms with van der Waals surface area (Å²) in [6.45, 7) is 4.30. The summed E-state index contributed by atoms with van der Waals surface area (Å²) < 4.78 is 27.0. The topological polar surface area (TPSA) is 66.5 Å². The number of aryl methyl sites for hydroxylation is 2. The molecule has 3 aromatic carbocycles. The fourth-order valence-electron chi connectivity index (χ4n) is 2.94. The number of nitrogens with zero attached hydrogens (tertiary/aromatic N) is 1. The van der Waals surface area contributed by atoms with E-state index in [4.69, 9.17) is 0 Å². The number of benzene rings is 3. The van der Waals surface area contributed by atoms with Gasteiger partial charge in [0.05, 0.1) is 10.6 Å². The summed E-state index contributed by atoms with van der Waals surface area (Å²) in [5.41, 5.74) is 3.96. The molecule has 0 aromatic heterocycles. The third kappa shape index (κ3) is 4.66. The maximum atomic E-state index is 12.9. The highest BCUT2D eigenvalue weighted by Crippen LogP contribution is 2.23. The molecule has 0 fully saturated rings. The van der Waals surface area contributed by atoms with E-state index in [-0.39, 0.29) is 10.8 Å². The molecule has 3 aromatic rings. The molecule has 0 aliphatic heterocycles. The van der Waals surface area contributed by atoms with E-state index in [1.54, 1.807) is 48.5 Å². The van der Waals surface area contributed by atoms with Crippen molar-refractivity contribution in [3.05, 3.63) is 95.1 Å². The van der Waals surface area contributed by atoms with Gasteiger partial charge in [0.2, 0.25) is 0 Å². The van der Waals surface area contributed by atoms with Crippen molar-refractivity contribution in [1.29, 1.82) is 0 Å². The van der Waals surface area contributed by atoms with E-state index in [1.807, 2.05) is 38.1 Å². The predicted octanol–water partition coefficient (Wildman–Crippen LogP) is 4.06. The minimum atomic E-state index is -3.71. The van der Waals surface area contributed by atoms with Crippen LogP contribution in [0.1, 0.15) is 27.0 Å². The molecule has 0 saturated carbocycles. The first-order chi connectivity index (χ1) is 13.8. The summed E-state index contributed by atoms with van der Waals surface area (Å²) in [7, 11) is -2.22. The first-order valence-electron chi connectivity index (χ1n) is 9.27. The lowest BCUT2D eigenvalue weighted by Crippen LogP contribution is -2.27. The lowest BCUT2D eigenvalue weighted by molar-refractivity contribution is 0.0951. The number of carbonyl (C=O) groups excluding carboxylic acids is 1. The van der Waals surface area contributed by atoms with Gasteiger partial charge in [-0.2, -0.15) is 0 Å². The molecular formula is C23H24N2O3S. The average Bonchev–Trinajstić information content (AvgIpc) is 2.72. The molecule has 1 amide bonds. The molecule has 0 saturated heterocycles. The lowest BCUT2D eigenvalue weighted by Gasteiger charge is -2.20. The number of carbonyl (C=O) groups is 1. The van der Waals surface area contributed by atoms with Crippen LogP contribution in [0, 0.1) is 13.8 Å². The van der Waals surface area contributed by atoms with Gasteiger partial charge in [-0.25, -0.2) is 8.42 Å². The summed E-state index contributed by atoms with van der Waals surface area (Å²) in [5, 5.41) is 2.89. The Labute approximate surface area is 172 Å². The van der Waals surface area contributed by atoms with Crippen molar-refractivity contribution in [2.24, 2.45) is 0 Å². The number of nitrogens with one attached hydrogen (secondary N) is 1. The van der Waals surface area contributed by atoms with Crippen molar-refractivity contribution in [3.63, 3.8) is 0 Å². The summed E-state index contributed by atoms with van der Waals surface area (Å²) in [5.74, 6) is -0.253. The van der Waals surface area contributed by atoms with Gasteiger partial charge in [0, 0.05) is 19.2 Å². The van der Waals surface area contributed by atoms with Gasteiger partial charge in [0.25, 0.3) is 15.9 Å². The summed E-state index contributed by atoms with van der Waals surface area (Å²) in [4.78, 5) is 12.8. The second-order valence-electron chi connectivity index (χ2n) is 6.95. The Bertz CT molecular complexity index is 1120. The van der Waals surface area contributed by atoms with Gasteiger partial charge in [0.15, 0.2) is 0 Å². The van der Waals surface area contributed by atoms with Gasteiger partial charge in [0.1, 0.15) is 0 Å². The molecular weight excluding hydrogens is 384 g/mol. The average molecular weight is 409 g/mol. The number of hydrogen-bond donors (Lipinski definition) is 1. The molecule has 6 heteroatoms. The van der Waals surface area contributed by atoms with Crippen molar-refractivity contribution in [2.45, 2.75) is 25.3 Å². The second kappa shape index (κ2) is 8.49. The van der Waals surface area contributed by atoms with E-state index >= 15 is 0 Å². The van der Waals surface area contributed by atoms with Crippen LogP contribution in [0.5, 0.6) is 0 Å². The van der Waals surface area contributed by atoms with E-state index in [0.717, 1.165) is 16.7 Å². The molecule has 0 atom stereocenters. The van der Waals surface area contributed by atoms with Crippen molar-refractivity contribution >= 4 is 21.6 Å². The zero-order valence-electron chi connectivity index (χ0n) is 16.7. The molecule has 0 radical (unpaired) electrons. The van der Waals surface area contributed by atoms with Crippen molar-refractivity contribution in [2.75, 3.05) is 11.4 Å². The Balaban J connectivity index is 1.78. The predicted molar refractivity (Wildman–Crippen MR) is 116 cm³/mol. The Morgan fingerprint density at radius 3 is 2.31 bits per heavy atom. The third-order valence-electron chi connectivity index (χ3n) is 4.85. The van der Waals surface area contributed by atoms with Crippen LogP contribution in [0.15, 0.2) is 77.7 Å². The first kappa shape index (κ1) is 20.6. The molecule has 3 rings (SSSR count). The fraction of sp³-hybridized carbons (Fsp3) is 0.174. The molecule has 0 heterocycles. The van der Waals surface area contributed by atoms with Gasteiger partial charge < -0.3 is 5.32 Å². The van der Waals surface area contributed by atoms with Crippen LogP contribution in [0.25, 0.3) is 0 Å². The highest BCUT2D eigenvalue weighted by molar-refractivity contribution is 7.92. The SMILES string of the molecule is Cc1ccc(S(=O)(=O)N(C)c2cccc(C(=O)NCc3ccccc3C)c2)cc1. The molecule has 5 nitrogen and oxygen atoms in total. The van der Waals surface area contributed by atoms with Gasteiger partial charge in [-0.15, -0.1) is 0 Å². The Morgan fingerprint density at radius 2 is 1.62 bits per heavy atom. The Kier molecular flexibility index (Phi) is 6.03. The van der Waals surface area contributed by atoms with Crippen LogP contribution in [0.4, 0.5) is 5.69 Å². The Morgan fingerprint density at radius 1 is 0.931 bits per heavy atom. The summed E-state index contributed by atoms with van der Waals surface area (Å²) in [6.07, 6.45) is 0. The number of sulfonamides is 1. The maximum Gasteiger partial charge on any atom is 0.264 e. The molecule has 0 aliphatic rings. The monoisotopic (exact) mass is 408 g/mol. The van der Waals surface area contributed by atoms with Gasteiger partial charge >= 0.3 is 0 Å². The van der Waals surface area contributed by atoms with Crippen LogP contribution >= 0.6 is 0 Å². The second-order valence-corrected chi connectivity index (χ2v) is 8.91. The maximum absolute atomic E-state index is 12.9. The van der Waals surface area contributed by atoms with E-state index in [2.05, 4.69) is 5.32 Å². The third-order valence-corrected chi connectivity index (χ3v) is 6.65. The summed E-state index contributed by atoms with van der Waals surface area (Å²) >= 11 is 0. The van der Waals surface area contributed by atoms with E-state index in [0.29, 0.717) is 17.8 Å². The molecule has 0 spiro atoms. The molecule has 1 N–H and O–H groups in total. The summed E-state index contributed by atoms with van der Waals surface area (Å²) in [6, 6.07) is 21.1. The molecule has 0 bridgehead atoms. The lowest BCUT2D eigenvalue weighted by atomic mass is 10.1. The van der Waals surface area contributed by atoms with Crippen molar-refractivity contribution < 1.29 is 13.2 Å². The van der Waals surface area contributed by atoms with Gasteiger partial charge in [-0.05, 0) is 55.3 Å². The van der Waals surface area contributed by atoms with Crippen LogP contribution in [0.2, 0.25) is 0 Å². The first-order valence-corrected chi connectivity index (χ1v) is 10.7. The van der Waals surface area contributed by atoms with E-state index in [1.165, 1.54) is 11.4 Å². The number of hydrogen-bond acceptors (Lipinski definition) is 3. The quantitative estimate of drug-likeness (QED) is 0.669. The minimum absolute atomic E-state index is 0.208. The molecule has 150 valence electrons. The van der Waals surface area contributed by atoms with Crippen LogP contribution in [-0.2, 0) is 16.6 Å². The van der Waals surface area contributed by atoms with Crippen LogP contribution < -0.4 is 9.62 Å². The zero-order valence-corrected chi connectivity index (χ0v) is 17.5. The van der Waals surface area contributed by atoms with Crippen LogP contribution in [-0.4, -0.2) is 21.4 Å². The normalized spacial score (nSPS) is 11.1. The fourth-order valence-corrected chi connectivity index (χ4v) is 4.12. The van der Waals surface area contributed by atoms with Gasteiger partial charge in [-0.3, -0.25) is 9.10 Å². The smallest absolute Gasteiger partial charge is 0.264 e. The molecule has 0 unspecified atom stereocenters. The number of anilines is 1. The number of amides is 1. The van der Waals surface area contributed by atoms with E-state index < -0.39 is 10.0 Å². The van der Waals surface area contributed by atoms with Crippen molar-refractivity contribution in [1.82, 2.24) is 5.32 Å². The molecule has 0 aliphatic carbocycles. The highest BCUT2D eigenvalue weighted by Gasteiger charge is 2.21. The van der Waals surface area contributed by atoms with Crippen LogP contribution in [0.3, 0.4) is 0 Å². The van der Waals surface area contributed by atoms with Crippen molar-refractivity contribution in [3.8, 4) is 0 Å². The minimum Gasteiger partial charge on any atom is -0.348 e. The number of rotatable bonds is 6. The Hall–Kier alpha value is -3.12.